The highest BCUT2D eigenvalue weighted by Crippen LogP contribution is 2.38. The van der Waals surface area contributed by atoms with E-state index in [1.54, 1.807) is 73.7 Å². The molecule has 10 rings (SSSR count). The van der Waals surface area contributed by atoms with Crippen LogP contribution >= 0.6 is 0 Å². The number of ether oxygens (including phenoxy) is 7. The molecule has 2 atom stereocenters. The zero-order chi connectivity index (χ0) is 60.3. The molecule has 0 saturated carbocycles. The number of aliphatic hydroxyl groups is 1. The molecule has 4 aromatic heterocycles. The summed E-state index contributed by atoms with van der Waals surface area (Å²) < 4.78 is 43.3. The fraction of sp³-hybridized carbons (Fsp3) is 0.391. The van der Waals surface area contributed by atoms with Gasteiger partial charge in [0.05, 0.1) is 46.1 Å². The van der Waals surface area contributed by atoms with E-state index >= 15 is 0 Å². The number of aromatic nitrogens is 6. The zero-order valence-corrected chi connectivity index (χ0v) is 49.8. The number of carbonyl (C=O) groups excluding carboxylic acids is 3. The quantitative estimate of drug-likeness (QED) is 0.0569. The van der Waals surface area contributed by atoms with Crippen molar-refractivity contribution in [3.05, 3.63) is 144 Å². The minimum Gasteiger partial charge on any atom is -0.497 e. The van der Waals surface area contributed by atoms with Crippen molar-refractivity contribution in [3.63, 3.8) is 0 Å². The summed E-state index contributed by atoms with van der Waals surface area (Å²) in [5.74, 6) is 4.77. The van der Waals surface area contributed by atoms with Gasteiger partial charge in [-0.3, -0.25) is 0 Å². The number of esters is 1. The number of likely N-dealkylation sites (tertiary alicyclic amines) is 2. The molecule has 85 heavy (non-hydrogen) atoms. The molecule has 8 aromatic rings. The summed E-state index contributed by atoms with van der Waals surface area (Å²) in [7, 11) is 3.28. The Morgan fingerprint density at radius 3 is 1.35 bits per heavy atom. The number of pyridine rings is 2. The Morgan fingerprint density at radius 2 is 0.965 bits per heavy atom. The van der Waals surface area contributed by atoms with E-state index in [1.165, 1.54) is 0 Å². The Kier molecular flexibility index (Phi) is 19.3. The van der Waals surface area contributed by atoms with Crippen LogP contribution in [-0.4, -0.2) is 133 Å². The van der Waals surface area contributed by atoms with Gasteiger partial charge in [0.2, 0.25) is 0 Å². The summed E-state index contributed by atoms with van der Waals surface area (Å²) in [4.78, 5) is 50.6. The lowest BCUT2D eigenvalue weighted by molar-refractivity contribution is 0.0196. The molecule has 448 valence electrons. The van der Waals surface area contributed by atoms with E-state index in [1.807, 2.05) is 130 Å². The van der Waals surface area contributed by atoms with Gasteiger partial charge in [0.25, 0.3) is 0 Å². The summed E-state index contributed by atoms with van der Waals surface area (Å²) in [5, 5.41) is 27.9. The fourth-order valence-corrected chi connectivity index (χ4v) is 9.89. The van der Waals surface area contributed by atoms with Crippen LogP contribution in [-0.2, 0) is 33.9 Å². The maximum absolute atomic E-state index is 12.8. The number of anilines is 2. The average Bonchev–Trinajstić information content (AvgIpc) is 2.76. The number of piperidine rings is 2. The largest absolute Gasteiger partial charge is 0.497 e. The van der Waals surface area contributed by atoms with Crippen LogP contribution < -0.4 is 29.6 Å². The van der Waals surface area contributed by atoms with E-state index in [4.69, 9.17) is 43.4 Å². The highest BCUT2D eigenvalue weighted by atomic mass is 16.6. The first-order valence-corrected chi connectivity index (χ1v) is 28.6. The van der Waals surface area contributed by atoms with Crippen molar-refractivity contribution in [1.29, 1.82) is 0 Å². The molecule has 21 nitrogen and oxygen atoms in total. The van der Waals surface area contributed by atoms with Crippen LogP contribution in [0.4, 0.5) is 21.2 Å². The van der Waals surface area contributed by atoms with Crippen LogP contribution in [0.2, 0.25) is 0 Å². The highest BCUT2D eigenvalue weighted by Gasteiger charge is 2.31. The molecule has 2 saturated heterocycles. The molecule has 21 heteroatoms. The summed E-state index contributed by atoms with van der Waals surface area (Å²) in [6.07, 6.45) is 6.18. The number of amides is 2. The second kappa shape index (κ2) is 27.1. The van der Waals surface area contributed by atoms with Crippen LogP contribution in [0.25, 0.3) is 22.1 Å². The van der Waals surface area contributed by atoms with Crippen molar-refractivity contribution in [3.8, 4) is 34.5 Å². The summed E-state index contributed by atoms with van der Waals surface area (Å²) in [6.45, 7) is 16.5. The standard InChI is InChI=1S/C33H39N5O6.C31H37N5O5/c1-6-42-31(39)23-11-15-26(16-12-23)43-27-17-18-34-30-28(27)29(36-38(30)20-22-9-13-25(41-5)14-10-22)35-24-8-7-19-37(21-24)32(40)44-33(2,3)4;1-31(2,3)41-30(38)35-17-5-6-23(19-35)33-28-27-26(40-25-13-9-22(20-37)10-14-25)15-16-32-29(27)36(34-28)18-21-7-11-24(39-4)12-8-21/h9-18,24H,6-8,19-21H2,1-5H3,(H,35,36);7-16,23,37H,5-6,17-20H2,1-4H3,(H,33,34)/t24-;23-/m11/s1. The smallest absolute Gasteiger partial charge is 0.410 e. The van der Waals surface area contributed by atoms with E-state index in [0.717, 1.165) is 59.3 Å². The first-order chi connectivity index (χ1) is 40.8. The van der Waals surface area contributed by atoms with Gasteiger partial charge in [-0.15, -0.1) is 0 Å². The van der Waals surface area contributed by atoms with Gasteiger partial charge in [-0.1, -0.05) is 36.4 Å². The predicted octanol–water partition coefficient (Wildman–Crippen LogP) is 11.9. The molecule has 3 N–H and O–H groups in total. The van der Waals surface area contributed by atoms with Crippen LogP contribution in [0.1, 0.15) is 101 Å². The van der Waals surface area contributed by atoms with Crippen molar-refractivity contribution in [2.45, 2.75) is 117 Å². The molecule has 2 amide bonds. The van der Waals surface area contributed by atoms with E-state index < -0.39 is 11.2 Å². The van der Waals surface area contributed by atoms with Gasteiger partial charge in [-0.2, -0.15) is 10.2 Å². The van der Waals surface area contributed by atoms with E-state index in [-0.39, 0.29) is 36.8 Å². The van der Waals surface area contributed by atoms with Crippen molar-refractivity contribution >= 4 is 51.9 Å². The molecule has 0 unspecified atom stereocenters. The van der Waals surface area contributed by atoms with Gasteiger partial charge in [0.15, 0.2) is 22.9 Å². The topological polar surface area (TPSA) is 228 Å². The molecule has 0 bridgehead atoms. The predicted molar refractivity (Wildman–Crippen MR) is 323 cm³/mol. The lowest BCUT2D eigenvalue weighted by Crippen LogP contribution is -2.47. The number of hydrogen-bond acceptors (Lipinski definition) is 17. The number of fused-ring (bicyclic) bond motifs is 2. The normalized spacial score (nSPS) is 15.3. The molecule has 4 aromatic carbocycles. The lowest BCUT2D eigenvalue weighted by atomic mass is 10.1. The van der Waals surface area contributed by atoms with E-state index in [2.05, 4.69) is 20.6 Å². The van der Waals surface area contributed by atoms with Crippen molar-refractivity contribution in [2.75, 3.05) is 57.6 Å². The number of hydrogen-bond donors (Lipinski definition) is 3. The third-order valence-electron chi connectivity index (χ3n) is 13.9. The molecule has 0 radical (unpaired) electrons. The Morgan fingerprint density at radius 1 is 0.565 bits per heavy atom. The number of nitrogens with zero attached hydrogens (tertiary/aromatic N) is 8. The minimum absolute atomic E-state index is 0.0271. The molecular formula is C64H76N10O11. The number of rotatable bonds is 17. The maximum atomic E-state index is 12.8. The second-order valence-corrected chi connectivity index (χ2v) is 22.8. The van der Waals surface area contributed by atoms with Gasteiger partial charge in [-0.05, 0) is 152 Å². The summed E-state index contributed by atoms with van der Waals surface area (Å²) in [5.41, 5.74) is 3.51. The van der Waals surface area contributed by atoms with Gasteiger partial charge in [0, 0.05) is 62.8 Å². The Bertz CT molecular complexity index is 3540. The summed E-state index contributed by atoms with van der Waals surface area (Å²) >= 11 is 0. The Balaban J connectivity index is 0.000000204. The van der Waals surface area contributed by atoms with E-state index in [0.29, 0.717) is 103 Å². The molecule has 2 aliphatic rings. The molecule has 0 spiro atoms. The zero-order valence-electron chi connectivity index (χ0n) is 49.8. The Labute approximate surface area is 495 Å². The summed E-state index contributed by atoms with van der Waals surface area (Å²) in [6, 6.07) is 33.3. The molecule has 0 aliphatic carbocycles. The lowest BCUT2D eigenvalue weighted by Gasteiger charge is -2.34. The van der Waals surface area contributed by atoms with Gasteiger partial charge in [0.1, 0.15) is 56.5 Å². The average molecular weight is 1160 g/mol. The molecular weight excluding hydrogens is 1080 g/mol. The number of methoxy groups -OCH3 is 2. The van der Waals surface area contributed by atoms with Crippen molar-refractivity contribution in [2.24, 2.45) is 0 Å². The van der Waals surface area contributed by atoms with Gasteiger partial charge in [-0.25, -0.2) is 33.7 Å². The third-order valence-corrected chi connectivity index (χ3v) is 13.9. The third kappa shape index (κ3) is 16.0. The first-order valence-electron chi connectivity index (χ1n) is 28.6. The number of benzene rings is 4. The number of carbonyl (C=O) groups is 3. The van der Waals surface area contributed by atoms with E-state index in [9.17, 15) is 19.5 Å². The van der Waals surface area contributed by atoms with Crippen molar-refractivity contribution < 1.29 is 52.6 Å². The van der Waals surface area contributed by atoms with Crippen LogP contribution in [0.5, 0.6) is 34.5 Å². The first kappa shape index (κ1) is 60.5. The molecule has 2 aliphatic heterocycles. The SMILES string of the molecule is CCOC(=O)c1ccc(Oc2ccnc3c2c(N[C@@H]2CCCN(C(=O)OC(C)(C)C)C2)nn3Cc2ccc(OC)cc2)cc1.COc1ccc(Cn2nc(N[C@@H]3CCCN(C(=O)OC(C)(C)C)C3)c3c(Oc4ccc(CO)cc4)ccnc32)cc1. The fourth-order valence-electron chi connectivity index (χ4n) is 9.89. The van der Waals surface area contributed by atoms with Crippen LogP contribution in [0.3, 0.4) is 0 Å². The van der Waals surface area contributed by atoms with Gasteiger partial charge < -0.3 is 58.7 Å². The van der Waals surface area contributed by atoms with Crippen molar-refractivity contribution in [1.82, 2.24) is 39.3 Å². The molecule has 6 heterocycles. The Hall–Kier alpha value is -9.11. The minimum atomic E-state index is -0.569. The number of nitrogens with one attached hydrogen (secondary N) is 2. The van der Waals surface area contributed by atoms with Crippen LogP contribution in [0, 0.1) is 0 Å². The van der Waals surface area contributed by atoms with Crippen LogP contribution in [0.15, 0.2) is 122 Å². The monoisotopic (exact) mass is 1160 g/mol. The maximum Gasteiger partial charge on any atom is 0.410 e. The molecule has 2 fully saturated rings. The van der Waals surface area contributed by atoms with Gasteiger partial charge >= 0.3 is 18.2 Å². The number of aliphatic hydroxyl groups excluding tert-OH is 1. The highest BCUT2D eigenvalue weighted by molar-refractivity contribution is 5.95. The second-order valence-electron chi connectivity index (χ2n) is 22.8.